The number of anilines is 1. The van der Waals surface area contributed by atoms with Crippen molar-refractivity contribution >= 4 is 21.5 Å². The average Bonchev–Trinajstić information content (AvgIpc) is 3.56. The van der Waals surface area contributed by atoms with Gasteiger partial charge in [0.2, 0.25) is 10.0 Å². The van der Waals surface area contributed by atoms with Gasteiger partial charge in [-0.15, -0.1) is 5.10 Å². The molecule has 1 fully saturated rings. The van der Waals surface area contributed by atoms with E-state index in [0.717, 1.165) is 42.0 Å². The van der Waals surface area contributed by atoms with Crippen LogP contribution in [0, 0.1) is 5.82 Å². The van der Waals surface area contributed by atoms with Gasteiger partial charge >= 0.3 is 0 Å². The topological polar surface area (TPSA) is 106 Å². The molecule has 1 aliphatic heterocycles. The van der Waals surface area contributed by atoms with E-state index < -0.39 is 10.0 Å². The number of nitrogens with two attached hydrogens (primary N) is 1. The lowest BCUT2D eigenvalue weighted by molar-refractivity contribution is 0.598. The van der Waals surface area contributed by atoms with Crippen LogP contribution in [-0.2, 0) is 10.0 Å². The largest absolute Gasteiger partial charge is 0.348 e. The van der Waals surface area contributed by atoms with Crippen LogP contribution in [0.15, 0.2) is 90.0 Å². The monoisotopic (exact) mass is 514 g/mol. The smallest absolute Gasteiger partial charge is 0.238 e. The van der Waals surface area contributed by atoms with Crippen molar-refractivity contribution in [1.29, 1.82) is 0 Å². The Kier molecular flexibility index (Phi) is 5.69. The van der Waals surface area contributed by atoms with Crippen LogP contribution in [0.3, 0.4) is 0 Å². The molecule has 6 rings (SSSR count). The minimum Gasteiger partial charge on any atom is -0.348 e. The van der Waals surface area contributed by atoms with Crippen LogP contribution in [0.2, 0.25) is 0 Å². The number of pyridine rings is 1. The molecule has 1 unspecified atom stereocenters. The van der Waals surface area contributed by atoms with Gasteiger partial charge in [0.05, 0.1) is 28.5 Å². The number of rotatable bonds is 5. The molecule has 3 aromatic heterocycles. The zero-order valence-corrected chi connectivity index (χ0v) is 20.5. The molecule has 10 heteroatoms. The van der Waals surface area contributed by atoms with Crippen molar-refractivity contribution in [2.75, 3.05) is 11.4 Å². The number of fused-ring (bicyclic) bond motifs is 1. The van der Waals surface area contributed by atoms with Crippen molar-refractivity contribution in [2.24, 2.45) is 5.14 Å². The van der Waals surface area contributed by atoms with Crippen molar-refractivity contribution in [3.63, 3.8) is 0 Å². The predicted octanol–water partition coefficient (Wildman–Crippen LogP) is 4.59. The Morgan fingerprint density at radius 3 is 2.51 bits per heavy atom. The normalized spacial score (nSPS) is 15.9. The van der Waals surface area contributed by atoms with Crippen molar-refractivity contribution in [3.05, 3.63) is 96.4 Å². The lowest BCUT2D eigenvalue weighted by Gasteiger charge is -2.26. The highest BCUT2D eigenvalue weighted by molar-refractivity contribution is 7.89. The van der Waals surface area contributed by atoms with Gasteiger partial charge in [-0.25, -0.2) is 32.4 Å². The van der Waals surface area contributed by atoms with E-state index in [2.05, 4.69) is 9.88 Å². The maximum atomic E-state index is 13.9. The molecular formula is C27H23FN6O2S. The first-order valence-corrected chi connectivity index (χ1v) is 13.4. The Labute approximate surface area is 213 Å². The van der Waals surface area contributed by atoms with E-state index in [1.54, 1.807) is 35.0 Å². The minimum absolute atomic E-state index is 0.0457. The summed E-state index contributed by atoms with van der Waals surface area (Å²) in [4.78, 5) is 11.5. The quantitative estimate of drug-likeness (QED) is 0.368. The Bertz CT molecular complexity index is 1720. The lowest BCUT2D eigenvalue weighted by atomic mass is 10.0. The number of hydrogen-bond acceptors (Lipinski definition) is 6. The molecular weight excluding hydrogens is 491 g/mol. The first kappa shape index (κ1) is 23.3. The van der Waals surface area contributed by atoms with Crippen LogP contribution >= 0.6 is 0 Å². The number of imidazole rings is 1. The van der Waals surface area contributed by atoms with E-state index in [1.165, 1.54) is 18.2 Å². The first-order chi connectivity index (χ1) is 17.9. The van der Waals surface area contributed by atoms with Crippen molar-refractivity contribution in [3.8, 4) is 22.6 Å². The SMILES string of the molecule is NS(=O)(=O)c1ccc(-c2cccc(-c3cnc4ccc(N5CCCC5c5cccc(F)c5)nn34)n2)cc1. The van der Waals surface area contributed by atoms with Gasteiger partial charge in [0, 0.05) is 12.1 Å². The lowest BCUT2D eigenvalue weighted by Crippen LogP contribution is -2.24. The van der Waals surface area contributed by atoms with Crippen molar-refractivity contribution in [1.82, 2.24) is 19.6 Å². The van der Waals surface area contributed by atoms with Gasteiger partial charge in [-0.3, -0.25) is 0 Å². The van der Waals surface area contributed by atoms with E-state index in [9.17, 15) is 12.8 Å². The highest BCUT2D eigenvalue weighted by atomic mass is 32.2. The highest BCUT2D eigenvalue weighted by Crippen LogP contribution is 2.35. The predicted molar refractivity (Wildman–Crippen MR) is 139 cm³/mol. The van der Waals surface area contributed by atoms with Gasteiger partial charge in [0.15, 0.2) is 5.65 Å². The fraction of sp³-hybridized carbons (Fsp3) is 0.148. The molecule has 186 valence electrons. The molecule has 2 N–H and O–H groups in total. The van der Waals surface area contributed by atoms with E-state index in [1.807, 2.05) is 36.4 Å². The molecule has 37 heavy (non-hydrogen) atoms. The number of nitrogens with zero attached hydrogens (tertiary/aromatic N) is 5. The summed E-state index contributed by atoms with van der Waals surface area (Å²) < 4.78 is 38.8. The zero-order chi connectivity index (χ0) is 25.6. The first-order valence-electron chi connectivity index (χ1n) is 11.8. The molecule has 0 amide bonds. The Hall–Kier alpha value is -4.15. The summed E-state index contributed by atoms with van der Waals surface area (Å²) in [6.45, 7) is 0.825. The Morgan fingerprint density at radius 2 is 1.73 bits per heavy atom. The average molecular weight is 515 g/mol. The third kappa shape index (κ3) is 4.45. The van der Waals surface area contributed by atoms with Gasteiger partial charge in [0.1, 0.15) is 17.3 Å². The molecule has 2 aromatic carbocycles. The van der Waals surface area contributed by atoms with Crippen LogP contribution in [-0.4, -0.2) is 34.5 Å². The molecule has 1 saturated heterocycles. The second kappa shape index (κ2) is 9.06. The molecule has 4 heterocycles. The maximum Gasteiger partial charge on any atom is 0.238 e. The Balaban J connectivity index is 1.36. The number of halogens is 1. The number of sulfonamides is 1. The van der Waals surface area contributed by atoms with Gasteiger partial charge in [-0.1, -0.05) is 30.3 Å². The van der Waals surface area contributed by atoms with Crippen LogP contribution in [0.5, 0.6) is 0 Å². The minimum atomic E-state index is -3.77. The van der Waals surface area contributed by atoms with Gasteiger partial charge in [0.25, 0.3) is 0 Å². The molecule has 1 atom stereocenters. The number of hydrogen-bond donors (Lipinski definition) is 1. The van der Waals surface area contributed by atoms with Crippen molar-refractivity contribution in [2.45, 2.75) is 23.8 Å². The molecule has 0 aliphatic carbocycles. The van der Waals surface area contributed by atoms with Gasteiger partial charge < -0.3 is 4.90 Å². The molecule has 0 bridgehead atoms. The zero-order valence-electron chi connectivity index (χ0n) is 19.7. The molecule has 0 saturated carbocycles. The standard InChI is InChI=1S/C27H23FN6O2S/c28-20-5-1-4-19(16-20)24-8-3-15-33(24)27-14-13-26-30-17-25(34(26)32-27)23-7-2-6-22(31-23)18-9-11-21(12-10-18)37(29,35)36/h1-2,4-7,9-14,16-17,24H,3,8,15H2,(H2,29,35,36). The van der Waals surface area contributed by atoms with Crippen LogP contribution in [0.1, 0.15) is 24.4 Å². The molecule has 8 nitrogen and oxygen atoms in total. The highest BCUT2D eigenvalue weighted by Gasteiger charge is 2.28. The summed E-state index contributed by atoms with van der Waals surface area (Å²) in [5.74, 6) is 0.545. The number of primary sulfonamides is 1. The summed E-state index contributed by atoms with van der Waals surface area (Å²) in [6.07, 6.45) is 3.65. The summed E-state index contributed by atoms with van der Waals surface area (Å²) >= 11 is 0. The van der Waals surface area contributed by atoms with Crippen LogP contribution in [0.25, 0.3) is 28.3 Å². The Morgan fingerprint density at radius 1 is 0.946 bits per heavy atom. The summed E-state index contributed by atoms with van der Waals surface area (Å²) in [6, 6.07) is 22.6. The van der Waals surface area contributed by atoms with Crippen LogP contribution in [0.4, 0.5) is 10.2 Å². The third-order valence-corrected chi connectivity index (χ3v) is 7.55. The summed E-state index contributed by atoms with van der Waals surface area (Å²) in [5, 5.41) is 10.1. The van der Waals surface area contributed by atoms with E-state index in [4.69, 9.17) is 15.2 Å². The second-order valence-electron chi connectivity index (χ2n) is 8.99. The van der Waals surface area contributed by atoms with Crippen molar-refractivity contribution < 1.29 is 12.8 Å². The second-order valence-corrected chi connectivity index (χ2v) is 10.6. The molecule has 0 radical (unpaired) electrons. The molecule has 0 spiro atoms. The fourth-order valence-corrected chi connectivity index (χ4v) is 5.36. The van der Waals surface area contributed by atoms with E-state index >= 15 is 0 Å². The van der Waals surface area contributed by atoms with Gasteiger partial charge in [-0.2, -0.15) is 0 Å². The van der Waals surface area contributed by atoms with E-state index in [-0.39, 0.29) is 16.8 Å². The number of aromatic nitrogens is 4. The number of benzene rings is 2. The molecule has 5 aromatic rings. The van der Waals surface area contributed by atoms with Crippen LogP contribution < -0.4 is 10.0 Å². The summed E-state index contributed by atoms with van der Waals surface area (Å²) in [5.41, 5.74) is 4.45. The molecule has 1 aliphatic rings. The fourth-order valence-electron chi connectivity index (χ4n) is 4.85. The van der Waals surface area contributed by atoms with E-state index in [0.29, 0.717) is 17.0 Å². The third-order valence-electron chi connectivity index (χ3n) is 6.62. The van der Waals surface area contributed by atoms with Gasteiger partial charge in [-0.05, 0) is 66.9 Å². The maximum absolute atomic E-state index is 13.9. The summed E-state index contributed by atoms with van der Waals surface area (Å²) in [7, 11) is -3.77.